The lowest BCUT2D eigenvalue weighted by atomic mass is 10.0. The Labute approximate surface area is 114 Å². The molecule has 0 bridgehead atoms. The molecule has 112 valence electrons. The summed E-state index contributed by atoms with van der Waals surface area (Å²) in [4.78, 5) is 10.9. The summed E-state index contributed by atoms with van der Waals surface area (Å²) in [6.45, 7) is 1.24. The molecular weight excluding hydrogens is 275 g/mol. The fraction of sp³-hybridized carbons (Fsp3) is 0.462. The number of carbonyl (C=O) groups excluding carboxylic acids is 1. The smallest absolute Gasteiger partial charge is 0.389 e. The third-order valence-corrected chi connectivity index (χ3v) is 2.61. The van der Waals surface area contributed by atoms with Crippen molar-refractivity contribution in [1.29, 1.82) is 0 Å². The van der Waals surface area contributed by atoms with Crippen LogP contribution < -0.4 is 15.2 Å². The monoisotopic (exact) mass is 291 g/mol. The van der Waals surface area contributed by atoms with Crippen molar-refractivity contribution >= 4 is 5.97 Å². The highest BCUT2D eigenvalue weighted by molar-refractivity contribution is 5.70. The molecular formula is C13H16F3NO3. The highest BCUT2D eigenvalue weighted by Crippen LogP contribution is 2.32. The minimum atomic E-state index is -4.24. The zero-order valence-corrected chi connectivity index (χ0v) is 11.2. The number of esters is 1. The lowest BCUT2D eigenvalue weighted by molar-refractivity contribution is -0.136. The highest BCUT2D eigenvalue weighted by atomic mass is 19.4. The molecule has 1 rings (SSSR count). The first-order valence-electron chi connectivity index (χ1n) is 5.91. The summed E-state index contributed by atoms with van der Waals surface area (Å²) in [6, 6.07) is 3.67. The molecule has 0 aromatic heterocycles. The predicted octanol–water partition coefficient (Wildman–Crippen LogP) is 2.96. The van der Waals surface area contributed by atoms with E-state index >= 15 is 0 Å². The molecule has 0 fully saturated rings. The van der Waals surface area contributed by atoms with Gasteiger partial charge in [-0.3, -0.25) is 4.79 Å². The molecule has 0 unspecified atom stereocenters. The number of rotatable bonds is 5. The van der Waals surface area contributed by atoms with Crippen molar-refractivity contribution in [2.45, 2.75) is 32.0 Å². The maximum atomic E-state index is 12.1. The summed E-state index contributed by atoms with van der Waals surface area (Å²) in [5.74, 6) is -0.0654. The lowest BCUT2D eigenvalue weighted by Crippen LogP contribution is -2.16. The van der Waals surface area contributed by atoms with Crippen molar-refractivity contribution in [2.75, 3.05) is 7.11 Å². The second kappa shape index (κ2) is 6.60. The zero-order chi connectivity index (χ0) is 15.3. The van der Waals surface area contributed by atoms with Gasteiger partial charge in [0.05, 0.1) is 7.11 Å². The maximum Gasteiger partial charge on any atom is 0.389 e. The van der Waals surface area contributed by atoms with E-state index in [1.165, 1.54) is 32.2 Å². The summed E-state index contributed by atoms with van der Waals surface area (Å²) in [5, 5.41) is 0. The van der Waals surface area contributed by atoms with Gasteiger partial charge >= 0.3 is 12.1 Å². The van der Waals surface area contributed by atoms with Crippen LogP contribution in [0.3, 0.4) is 0 Å². The number of halogens is 3. The molecule has 2 N–H and O–H groups in total. The normalized spacial score (nSPS) is 12.9. The molecule has 0 aliphatic carbocycles. The number of carbonyl (C=O) groups is 1. The molecule has 0 heterocycles. The molecule has 0 spiro atoms. The van der Waals surface area contributed by atoms with Crippen LogP contribution in [0.25, 0.3) is 0 Å². The molecule has 0 saturated carbocycles. The van der Waals surface area contributed by atoms with Crippen LogP contribution in [0.4, 0.5) is 13.2 Å². The van der Waals surface area contributed by atoms with Gasteiger partial charge in [0, 0.05) is 19.4 Å². The fourth-order valence-electron chi connectivity index (χ4n) is 1.64. The molecule has 0 aliphatic heterocycles. The standard InChI is InChI=1S/C13H16F3NO3/c1-8(18)20-11-4-3-9(7-12(11)19-2)10(17)5-6-13(14,15)16/h3-4,7,10H,5-6,17H2,1-2H3/t10-/m0/s1. The van der Waals surface area contributed by atoms with Crippen LogP contribution in [0.2, 0.25) is 0 Å². The second-order valence-corrected chi connectivity index (χ2v) is 4.26. The lowest BCUT2D eigenvalue weighted by Gasteiger charge is -2.16. The third kappa shape index (κ3) is 5.08. The van der Waals surface area contributed by atoms with Gasteiger partial charge in [0.2, 0.25) is 0 Å². The third-order valence-electron chi connectivity index (χ3n) is 2.61. The van der Waals surface area contributed by atoms with E-state index in [0.29, 0.717) is 5.56 Å². The predicted molar refractivity (Wildman–Crippen MR) is 66.5 cm³/mol. The highest BCUT2D eigenvalue weighted by Gasteiger charge is 2.28. The Bertz CT molecular complexity index is 474. The van der Waals surface area contributed by atoms with Gasteiger partial charge < -0.3 is 15.2 Å². The molecule has 0 saturated heterocycles. The Balaban J connectivity index is 2.83. The minimum Gasteiger partial charge on any atom is -0.493 e. The van der Waals surface area contributed by atoms with Gasteiger partial charge in [-0.25, -0.2) is 0 Å². The first-order chi connectivity index (χ1) is 9.23. The fourth-order valence-corrected chi connectivity index (χ4v) is 1.64. The molecule has 4 nitrogen and oxygen atoms in total. The number of nitrogens with two attached hydrogens (primary N) is 1. The number of alkyl halides is 3. The maximum absolute atomic E-state index is 12.1. The first-order valence-corrected chi connectivity index (χ1v) is 5.91. The van der Waals surface area contributed by atoms with Gasteiger partial charge in [0.15, 0.2) is 11.5 Å². The van der Waals surface area contributed by atoms with Crippen LogP contribution >= 0.6 is 0 Å². The van der Waals surface area contributed by atoms with Gasteiger partial charge in [-0.2, -0.15) is 13.2 Å². The van der Waals surface area contributed by atoms with E-state index in [1.807, 2.05) is 0 Å². The summed E-state index contributed by atoms with van der Waals surface area (Å²) >= 11 is 0. The van der Waals surface area contributed by atoms with Crippen molar-refractivity contribution in [3.63, 3.8) is 0 Å². The first kappa shape index (κ1) is 16.3. The quantitative estimate of drug-likeness (QED) is 0.669. The van der Waals surface area contributed by atoms with Crippen LogP contribution in [0.15, 0.2) is 18.2 Å². The molecule has 7 heteroatoms. The largest absolute Gasteiger partial charge is 0.493 e. The molecule has 20 heavy (non-hydrogen) atoms. The number of hydrogen-bond acceptors (Lipinski definition) is 4. The number of benzene rings is 1. The summed E-state index contributed by atoms with van der Waals surface area (Å²) in [5.41, 5.74) is 6.20. The topological polar surface area (TPSA) is 61.6 Å². The Morgan fingerprint density at radius 1 is 1.35 bits per heavy atom. The SMILES string of the molecule is COc1cc([C@@H](N)CCC(F)(F)F)ccc1OC(C)=O. The van der Waals surface area contributed by atoms with Crippen molar-refractivity contribution in [2.24, 2.45) is 5.73 Å². The summed E-state index contributed by atoms with van der Waals surface area (Å²) in [7, 11) is 1.37. The van der Waals surface area contributed by atoms with Crippen molar-refractivity contribution in [3.05, 3.63) is 23.8 Å². The molecule has 0 radical (unpaired) electrons. The van der Waals surface area contributed by atoms with Gasteiger partial charge in [-0.05, 0) is 24.1 Å². The molecule has 1 aromatic carbocycles. The van der Waals surface area contributed by atoms with Crippen molar-refractivity contribution in [3.8, 4) is 11.5 Å². The van der Waals surface area contributed by atoms with Gasteiger partial charge in [0.25, 0.3) is 0 Å². The van der Waals surface area contributed by atoms with Crippen LogP contribution in [0.1, 0.15) is 31.4 Å². The van der Waals surface area contributed by atoms with E-state index in [2.05, 4.69) is 0 Å². The van der Waals surface area contributed by atoms with Gasteiger partial charge in [-0.15, -0.1) is 0 Å². The van der Waals surface area contributed by atoms with Gasteiger partial charge in [0.1, 0.15) is 0 Å². The van der Waals surface area contributed by atoms with E-state index < -0.39 is 24.6 Å². The molecule has 0 aliphatic rings. The Kier molecular flexibility index (Phi) is 5.38. The van der Waals surface area contributed by atoms with Gasteiger partial charge in [-0.1, -0.05) is 6.07 Å². The van der Waals surface area contributed by atoms with Crippen LogP contribution in [-0.4, -0.2) is 19.3 Å². The van der Waals surface area contributed by atoms with Crippen LogP contribution in [-0.2, 0) is 4.79 Å². The summed E-state index contributed by atoms with van der Waals surface area (Å²) in [6.07, 6.45) is -5.42. The number of methoxy groups -OCH3 is 1. The Morgan fingerprint density at radius 3 is 2.50 bits per heavy atom. The average Bonchev–Trinajstić information content (AvgIpc) is 2.34. The van der Waals surface area contributed by atoms with Crippen LogP contribution in [0, 0.1) is 0 Å². The summed E-state index contributed by atoms with van der Waals surface area (Å²) < 4.78 is 46.4. The van der Waals surface area contributed by atoms with Crippen LogP contribution in [0.5, 0.6) is 11.5 Å². The average molecular weight is 291 g/mol. The van der Waals surface area contributed by atoms with E-state index in [1.54, 1.807) is 0 Å². The molecule has 1 aromatic rings. The Morgan fingerprint density at radius 2 is 2.00 bits per heavy atom. The number of ether oxygens (including phenoxy) is 2. The van der Waals surface area contributed by atoms with E-state index in [0.717, 1.165) is 0 Å². The van der Waals surface area contributed by atoms with E-state index in [9.17, 15) is 18.0 Å². The Hall–Kier alpha value is -1.76. The van der Waals surface area contributed by atoms with E-state index in [4.69, 9.17) is 15.2 Å². The molecule has 1 atom stereocenters. The van der Waals surface area contributed by atoms with E-state index in [-0.39, 0.29) is 17.9 Å². The zero-order valence-electron chi connectivity index (χ0n) is 11.2. The van der Waals surface area contributed by atoms with Crippen molar-refractivity contribution in [1.82, 2.24) is 0 Å². The van der Waals surface area contributed by atoms with Crippen molar-refractivity contribution < 1.29 is 27.4 Å². The molecule has 0 amide bonds. The minimum absolute atomic E-state index is 0.201. The second-order valence-electron chi connectivity index (χ2n) is 4.26. The number of hydrogen-bond donors (Lipinski definition) is 1.